The summed E-state index contributed by atoms with van der Waals surface area (Å²) in [5.74, 6) is 2.90. The lowest BCUT2D eigenvalue weighted by atomic mass is 10.0. The number of nitrogens with zero attached hydrogens (tertiary/aromatic N) is 4. The van der Waals surface area contributed by atoms with E-state index in [2.05, 4.69) is 46.6 Å². The zero-order valence-electron chi connectivity index (χ0n) is 11.8. The minimum Gasteiger partial charge on any atom is -0.357 e. The molecule has 0 spiro atoms. The van der Waals surface area contributed by atoms with Gasteiger partial charge in [0, 0.05) is 32.2 Å². The number of rotatable bonds is 4. The number of piperidine rings is 1. The molecular formula is C14H24N4. The molecule has 1 aromatic heterocycles. The van der Waals surface area contributed by atoms with Crippen molar-refractivity contribution in [2.75, 3.05) is 36.0 Å². The second-order valence-corrected chi connectivity index (χ2v) is 5.10. The van der Waals surface area contributed by atoms with E-state index in [1.807, 2.05) is 0 Å². The van der Waals surface area contributed by atoms with E-state index in [0.717, 1.165) is 43.7 Å². The van der Waals surface area contributed by atoms with Gasteiger partial charge in [0.1, 0.15) is 18.0 Å². The van der Waals surface area contributed by atoms with E-state index in [9.17, 15) is 0 Å². The van der Waals surface area contributed by atoms with Gasteiger partial charge in [0.25, 0.3) is 0 Å². The average molecular weight is 248 g/mol. The van der Waals surface area contributed by atoms with Gasteiger partial charge in [-0.15, -0.1) is 0 Å². The van der Waals surface area contributed by atoms with E-state index in [0.29, 0.717) is 0 Å². The van der Waals surface area contributed by atoms with Crippen LogP contribution in [-0.4, -0.2) is 36.1 Å². The Morgan fingerprint density at radius 2 is 2.11 bits per heavy atom. The van der Waals surface area contributed by atoms with Crippen LogP contribution in [0.25, 0.3) is 0 Å². The molecule has 1 aliphatic rings. The first kappa shape index (κ1) is 13.1. The molecule has 0 radical (unpaired) electrons. The van der Waals surface area contributed by atoms with Gasteiger partial charge in [-0.05, 0) is 32.6 Å². The summed E-state index contributed by atoms with van der Waals surface area (Å²) < 4.78 is 0. The highest BCUT2D eigenvalue weighted by Crippen LogP contribution is 2.23. The molecule has 100 valence electrons. The predicted octanol–water partition coefficient (Wildman–Crippen LogP) is 2.56. The van der Waals surface area contributed by atoms with E-state index in [1.165, 1.54) is 12.8 Å². The fourth-order valence-corrected chi connectivity index (χ4v) is 2.63. The van der Waals surface area contributed by atoms with Crippen LogP contribution in [0.1, 0.15) is 33.6 Å². The highest BCUT2D eigenvalue weighted by Gasteiger charge is 2.18. The molecule has 1 atom stereocenters. The second kappa shape index (κ2) is 6.03. The van der Waals surface area contributed by atoms with Crippen LogP contribution in [0.3, 0.4) is 0 Å². The van der Waals surface area contributed by atoms with Gasteiger partial charge in [0.05, 0.1) is 0 Å². The minimum absolute atomic E-state index is 0.769. The Morgan fingerprint density at radius 3 is 2.78 bits per heavy atom. The summed E-state index contributed by atoms with van der Waals surface area (Å²) >= 11 is 0. The Labute approximate surface area is 110 Å². The number of aromatic nitrogens is 2. The van der Waals surface area contributed by atoms with E-state index in [-0.39, 0.29) is 0 Å². The Kier molecular flexibility index (Phi) is 4.39. The summed E-state index contributed by atoms with van der Waals surface area (Å²) in [5.41, 5.74) is 0. The fraction of sp³-hybridized carbons (Fsp3) is 0.714. The molecule has 0 aliphatic carbocycles. The standard InChI is InChI=1S/C14H24N4/c1-4-17(5-2)13-9-14(16-11-15-13)18-8-6-7-12(3)10-18/h9,11-12H,4-8,10H2,1-3H3. The molecule has 1 aromatic rings. The lowest BCUT2D eigenvalue weighted by Gasteiger charge is -2.32. The summed E-state index contributed by atoms with van der Waals surface area (Å²) in [6.07, 6.45) is 4.30. The Bertz CT molecular complexity index is 376. The first-order chi connectivity index (χ1) is 8.74. The third-order valence-electron chi connectivity index (χ3n) is 3.71. The van der Waals surface area contributed by atoms with Gasteiger partial charge in [-0.3, -0.25) is 0 Å². The molecule has 0 amide bonds. The van der Waals surface area contributed by atoms with Crippen molar-refractivity contribution in [2.24, 2.45) is 5.92 Å². The zero-order chi connectivity index (χ0) is 13.0. The van der Waals surface area contributed by atoms with Gasteiger partial charge in [0.2, 0.25) is 0 Å². The quantitative estimate of drug-likeness (QED) is 0.819. The predicted molar refractivity (Wildman–Crippen MR) is 76.2 cm³/mol. The van der Waals surface area contributed by atoms with Gasteiger partial charge in [-0.1, -0.05) is 6.92 Å². The molecule has 4 nitrogen and oxygen atoms in total. The van der Waals surface area contributed by atoms with Crippen LogP contribution in [0, 0.1) is 5.92 Å². The monoisotopic (exact) mass is 248 g/mol. The van der Waals surface area contributed by atoms with Crippen molar-refractivity contribution >= 4 is 11.6 Å². The third-order valence-corrected chi connectivity index (χ3v) is 3.71. The number of hydrogen-bond acceptors (Lipinski definition) is 4. The normalized spacial score (nSPS) is 19.9. The van der Waals surface area contributed by atoms with E-state index < -0.39 is 0 Å². The van der Waals surface area contributed by atoms with Crippen molar-refractivity contribution in [1.29, 1.82) is 0 Å². The van der Waals surface area contributed by atoms with Gasteiger partial charge in [0.15, 0.2) is 0 Å². The van der Waals surface area contributed by atoms with Crippen LogP contribution in [0.5, 0.6) is 0 Å². The zero-order valence-corrected chi connectivity index (χ0v) is 11.8. The van der Waals surface area contributed by atoms with E-state index in [1.54, 1.807) is 6.33 Å². The molecule has 0 N–H and O–H groups in total. The van der Waals surface area contributed by atoms with Gasteiger partial charge >= 0.3 is 0 Å². The summed E-state index contributed by atoms with van der Waals surface area (Å²) in [6, 6.07) is 2.13. The highest BCUT2D eigenvalue weighted by atomic mass is 15.2. The first-order valence-corrected chi connectivity index (χ1v) is 7.06. The topological polar surface area (TPSA) is 32.3 Å². The van der Waals surface area contributed by atoms with Crippen LogP contribution in [0.4, 0.5) is 11.6 Å². The number of hydrogen-bond donors (Lipinski definition) is 0. The van der Waals surface area contributed by atoms with Crippen LogP contribution < -0.4 is 9.80 Å². The maximum absolute atomic E-state index is 4.44. The molecule has 0 aromatic carbocycles. The van der Waals surface area contributed by atoms with Gasteiger partial charge in [-0.25, -0.2) is 9.97 Å². The third kappa shape index (κ3) is 2.92. The van der Waals surface area contributed by atoms with Gasteiger partial charge < -0.3 is 9.80 Å². The van der Waals surface area contributed by atoms with Gasteiger partial charge in [-0.2, -0.15) is 0 Å². The molecule has 18 heavy (non-hydrogen) atoms. The van der Waals surface area contributed by atoms with Crippen LogP contribution in [0.15, 0.2) is 12.4 Å². The van der Waals surface area contributed by atoms with Crippen molar-refractivity contribution < 1.29 is 0 Å². The summed E-state index contributed by atoms with van der Waals surface area (Å²) in [7, 11) is 0. The Morgan fingerprint density at radius 1 is 1.33 bits per heavy atom. The maximum atomic E-state index is 4.44. The van der Waals surface area contributed by atoms with Crippen molar-refractivity contribution in [2.45, 2.75) is 33.6 Å². The summed E-state index contributed by atoms with van der Waals surface area (Å²) in [5, 5.41) is 0. The smallest absolute Gasteiger partial charge is 0.134 e. The highest BCUT2D eigenvalue weighted by molar-refractivity contribution is 5.50. The molecule has 0 saturated carbocycles. The summed E-state index contributed by atoms with van der Waals surface area (Å²) in [4.78, 5) is 13.5. The first-order valence-electron chi connectivity index (χ1n) is 7.06. The van der Waals surface area contributed by atoms with E-state index in [4.69, 9.17) is 0 Å². The van der Waals surface area contributed by atoms with Crippen molar-refractivity contribution in [3.8, 4) is 0 Å². The molecule has 2 heterocycles. The molecule has 4 heteroatoms. The van der Waals surface area contributed by atoms with Crippen molar-refractivity contribution in [3.63, 3.8) is 0 Å². The molecule has 2 rings (SSSR count). The van der Waals surface area contributed by atoms with Crippen molar-refractivity contribution in [3.05, 3.63) is 12.4 Å². The van der Waals surface area contributed by atoms with Crippen LogP contribution in [0.2, 0.25) is 0 Å². The Balaban J connectivity index is 2.15. The van der Waals surface area contributed by atoms with E-state index >= 15 is 0 Å². The lowest BCUT2D eigenvalue weighted by molar-refractivity contribution is 0.444. The van der Waals surface area contributed by atoms with Crippen LogP contribution in [-0.2, 0) is 0 Å². The Hall–Kier alpha value is -1.32. The maximum Gasteiger partial charge on any atom is 0.134 e. The number of anilines is 2. The second-order valence-electron chi connectivity index (χ2n) is 5.10. The fourth-order valence-electron chi connectivity index (χ4n) is 2.63. The molecule has 1 unspecified atom stereocenters. The largest absolute Gasteiger partial charge is 0.357 e. The lowest BCUT2D eigenvalue weighted by Crippen LogP contribution is -2.35. The van der Waals surface area contributed by atoms with Crippen molar-refractivity contribution in [1.82, 2.24) is 9.97 Å². The average Bonchev–Trinajstić information content (AvgIpc) is 2.41. The minimum atomic E-state index is 0.769. The van der Waals surface area contributed by atoms with Crippen LogP contribution >= 0.6 is 0 Å². The molecule has 0 bridgehead atoms. The molecule has 1 saturated heterocycles. The molecule has 1 aliphatic heterocycles. The molecular weight excluding hydrogens is 224 g/mol. The molecule has 1 fully saturated rings. The SMILES string of the molecule is CCN(CC)c1cc(N2CCCC(C)C2)ncn1. The summed E-state index contributed by atoms with van der Waals surface area (Å²) in [6.45, 7) is 10.9.